The first-order valence-corrected chi connectivity index (χ1v) is 17.8. The first kappa shape index (κ1) is 30.8. The molecule has 6 aromatic carbocycles. The molecular weight excluding hydrogens is 599 g/mol. The zero-order valence-corrected chi connectivity index (χ0v) is 28.1. The molecule has 0 saturated carbocycles. The van der Waals surface area contributed by atoms with E-state index in [-0.39, 0.29) is 18.0 Å². The summed E-state index contributed by atoms with van der Waals surface area (Å²) in [7, 11) is -4.20. The first-order valence-electron chi connectivity index (χ1n) is 16.3. The average Bonchev–Trinajstić information content (AvgIpc) is 3.21. The summed E-state index contributed by atoms with van der Waals surface area (Å²) in [6, 6.07) is 45.1. The van der Waals surface area contributed by atoms with E-state index in [1.54, 1.807) is 0 Å². The Hall–Kier alpha value is -4.86. The van der Waals surface area contributed by atoms with Crippen molar-refractivity contribution in [2.45, 2.75) is 52.1 Å². The van der Waals surface area contributed by atoms with Gasteiger partial charge in [-0.2, -0.15) is 0 Å². The Bertz CT molecular complexity index is 2030. The van der Waals surface area contributed by atoms with E-state index >= 15 is 4.57 Å². The minimum absolute atomic E-state index is 0.0711. The Morgan fingerprint density at radius 2 is 1.09 bits per heavy atom. The largest absolute Gasteiger partial charge is 0.565 e. The van der Waals surface area contributed by atoms with Crippen LogP contribution in [0.2, 0.25) is 0 Å². The van der Waals surface area contributed by atoms with Crippen LogP contribution in [-0.2, 0) is 11.0 Å². The van der Waals surface area contributed by atoms with Gasteiger partial charge in [-0.1, -0.05) is 121 Å². The van der Waals surface area contributed by atoms with Crippen molar-refractivity contribution in [1.82, 2.24) is 4.90 Å². The predicted molar refractivity (Wildman–Crippen MR) is 195 cm³/mol. The highest BCUT2D eigenvalue weighted by Crippen LogP contribution is 2.60. The highest BCUT2D eigenvalue weighted by atomic mass is 31.2. The van der Waals surface area contributed by atoms with Crippen molar-refractivity contribution in [1.29, 1.82) is 0 Å². The SMILES string of the molecule is CC(C)N(/C(=N\P1(=O)Oc2ccc3ccccc3c2-c2c(ccc3ccccc23)O1)C(Cc1ccccc1)c1ccccc1)C(C)C. The van der Waals surface area contributed by atoms with Crippen LogP contribution >= 0.6 is 7.75 Å². The molecule has 1 unspecified atom stereocenters. The van der Waals surface area contributed by atoms with Gasteiger partial charge in [-0.15, -0.1) is 4.76 Å². The Balaban J connectivity index is 1.49. The minimum Gasteiger partial charge on any atom is -0.398 e. The zero-order valence-electron chi connectivity index (χ0n) is 27.2. The molecule has 0 aliphatic carbocycles. The van der Waals surface area contributed by atoms with Crippen molar-refractivity contribution >= 4 is 35.1 Å². The lowest BCUT2D eigenvalue weighted by Crippen LogP contribution is -2.45. The van der Waals surface area contributed by atoms with Gasteiger partial charge in [-0.3, -0.25) is 0 Å². The van der Waals surface area contributed by atoms with Crippen LogP contribution in [0.1, 0.15) is 44.7 Å². The predicted octanol–water partition coefficient (Wildman–Crippen LogP) is 11.1. The van der Waals surface area contributed by atoms with Crippen molar-refractivity contribution in [3.05, 3.63) is 145 Å². The molecule has 47 heavy (non-hydrogen) atoms. The molecule has 0 amide bonds. The maximum absolute atomic E-state index is 15.3. The lowest BCUT2D eigenvalue weighted by atomic mass is 9.89. The Morgan fingerprint density at radius 3 is 1.60 bits per heavy atom. The van der Waals surface area contributed by atoms with Crippen LogP contribution in [0.15, 0.2) is 138 Å². The third kappa shape index (κ3) is 6.04. The normalized spacial score (nSPS) is 14.6. The number of hydrogen-bond donors (Lipinski definition) is 0. The van der Waals surface area contributed by atoms with Gasteiger partial charge in [0.15, 0.2) is 0 Å². The van der Waals surface area contributed by atoms with Crippen molar-refractivity contribution in [2.24, 2.45) is 4.76 Å². The van der Waals surface area contributed by atoms with Crippen LogP contribution in [0.25, 0.3) is 32.7 Å². The highest BCUT2D eigenvalue weighted by Gasteiger charge is 2.39. The van der Waals surface area contributed by atoms with Crippen molar-refractivity contribution in [3.63, 3.8) is 0 Å². The van der Waals surface area contributed by atoms with Gasteiger partial charge >= 0.3 is 7.75 Å². The van der Waals surface area contributed by atoms with E-state index < -0.39 is 7.75 Å². The summed E-state index contributed by atoms with van der Waals surface area (Å²) >= 11 is 0. The molecule has 7 rings (SSSR count). The maximum Gasteiger partial charge on any atom is 0.565 e. The maximum atomic E-state index is 15.3. The van der Waals surface area contributed by atoms with E-state index in [0.717, 1.165) is 43.8 Å². The van der Waals surface area contributed by atoms with Crippen LogP contribution in [0, 0.1) is 0 Å². The van der Waals surface area contributed by atoms with Crippen molar-refractivity contribution in [3.8, 4) is 22.6 Å². The smallest absolute Gasteiger partial charge is 0.398 e. The molecule has 236 valence electrons. The molecule has 0 bridgehead atoms. The monoisotopic (exact) mass is 638 g/mol. The molecular formula is C41H39N2O3P. The molecule has 6 aromatic rings. The molecule has 1 heterocycles. The van der Waals surface area contributed by atoms with Crippen LogP contribution in [0.3, 0.4) is 0 Å². The lowest BCUT2D eigenvalue weighted by Gasteiger charge is -2.38. The number of nitrogens with zero attached hydrogens (tertiary/aromatic N) is 2. The Labute approximate surface area is 277 Å². The van der Waals surface area contributed by atoms with Crippen LogP contribution < -0.4 is 9.05 Å². The third-order valence-electron chi connectivity index (χ3n) is 8.86. The number of rotatable bonds is 7. The second-order valence-electron chi connectivity index (χ2n) is 12.7. The quantitative estimate of drug-likeness (QED) is 0.0992. The average molecular weight is 639 g/mol. The molecule has 1 aliphatic heterocycles. The molecule has 0 fully saturated rings. The number of benzene rings is 6. The molecule has 0 aromatic heterocycles. The fraction of sp³-hybridized carbons (Fsp3) is 0.195. The number of amidine groups is 1. The summed E-state index contributed by atoms with van der Waals surface area (Å²) in [5, 5.41) is 4.13. The highest BCUT2D eigenvalue weighted by molar-refractivity contribution is 7.53. The van der Waals surface area contributed by atoms with Gasteiger partial charge in [-0.05, 0) is 78.9 Å². The Morgan fingerprint density at radius 1 is 0.617 bits per heavy atom. The van der Waals surface area contributed by atoms with Crippen LogP contribution in [0.4, 0.5) is 0 Å². The van der Waals surface area contributed by atoms with E-state index in [1.165, 1.54) is 0 Å². The molecule has 6 heteroatoms. The number of fused-ring (bicyclic) bond motifs is 7. The summed E-state index contributed by atoms with van der Waals surface area (Å²) < 4.78 is 33.7. The molecule has 0 N–H and O–H groups in total. The summed E-state index contributed by atoms with van der Waals surface area (Å²) in [6.45, 7) is 8.59. The molecule has 5 nitrogen and oxygen atoms in total. The summed E-state index contributed by atoms with van der Waals surface area (Å²) in [5.74, 6) is 1.45. The minimum atomic E-state index is -4.20. The Kier molecular flexibility index (Phi) is 8.34. The summed E-state index contributed by atoms with van der Waals surface area (Å²) in [5.41, 5.74) is 3.97. The van der Waals surface area contributed by atoms with Crippen molar-refractivity contribution < 1.29 is 13.6 Å². The number of hydrogen-bond acceptors (Lipinski definition) is 3. The second-order valence-corrected chi connectivity index (χ2v) is 14.2. The second kappa shape index (κ2) is 12.7. The van der Waals surface area contributed by atoms with Gasteiger partial charge in [0.2, 0.25) is 0 Å². The van der Waals surface area contributed by atoms with E-state index in [0.29, 0.717) is 23.8 Å². The van der Waals surface area contributed by atoms with Gasteiger partial charge in [-0.25, -0.2) is 4.57 Å². The molecule has 0 saturated heterocycles. The van der Waals surface area contributed by atoms with Crippen LogP contribution in [-0.4, -0.2) is 22.8 Å². The topological polar surface area (TPSA) is 51.1 Å². The van der Waals surface area contributed by atoms with Gasteiger partial charge in [0.25, 0.3) is 0 Å². The standard InChI is InChI=1S/C41H39N2O3P/c1-28(2)43(29(3)4)41(36(31-17-9-6-10-18-31)27-30-15-7-5-8-16-30)42-47(44)45-37-25-23-32-19-11-13-21-34(32)39(37)40-35-22-14-12-20-33(35)24-26-38(40)46-47/h5-26,28-29,36H,27H2,1-4H3/b42-41-. The molecule has 1 atom stereocenters. The van der Waals surface area contributed by atoms with Gasteiger partial charge in [0.05, 0.1) is 0 Å². The van der Waals surface area contributed by atoms with Gasteiger partial charge < -0.3 is 13.9 Å². The van der Waals surface area contributed by atoms with E-state index in [1.807, 2.05) is 72.8 Å². The molecule has 0 radical (unpaired) electrons. The zero-order chi connectivity index (χ0) is 32.5. The first-order chi connectivity index (χ1) is 22.8. The fourth-order valence-corrected chi connectivity index (χ4v) is 8.34. The van der Waals surface area contributed by atoms with Crippen LogP contribution in [0.5, 0.6) is 11.5 Å². The van der Waals surface area contributed by atoms with E-state index in [9.17, 15) is 0 Å². The molecule has 0 spiro atoms. The third-order valence-corrected chi connectivity index (χ3v) is 10.2. The van der Waals surface area contributed by atoms with Gasteiger partial charge in [0, 0.05) is 29.1 Å². The molecule has 1 aliphatic rings. The van der Waals surface area contributed by atoms with Gasteiger partial charge in [0.1, 0.15) is 17.3 Å². The van der Waals surface area contributed by atoms with E-state index in [4.69, 9.17) is 13.8 Å². The lowest BCUT2D eigenvalue weighted by molar-refractivity contribution is 0.282. The van der Waals surface area contributed by atoms with Crippen molar-refractivity contribution in [2.75, 3.05) is 0 Å². The summed E-state index contributed by atoms with van der Waals surface area (Å²) in [6.07, 6.45) is 0.669. The fourth-order valence-electron chi connectivity index (χ4n) is 6.92. The summed E-state index contributed by atoms with van der Waals surface area (Å²) in [4.78, 5) is 2.25. The van der Waals surface area contributed by atoms with E-state index in [2.05, 4.69) is 93.3 Å².